The Kier molecular flexibility index (Phi) is 4.75. The number of aliphatic hydroxyl groups excluding tert-OH is 1. The molecule has 3 atom stereocenters. The smallest absolute Gasteiger partial charge is 0.183 e. The average Bonchev–Trinajstić information content (AvgIpc) is 3.19. The summed E-state index contributed by atoms with van der Waals surface area (Å²) in [7, 11) is 0. The second-order valence-electron chi connectivity index (χ2n) is 4.69. The SMILES string of the molecule is CCOC(OCC)C(O)C1CC1c1ccccc1. The maximum Gasteiger partial charge on any atom is 0.183 e. The van der Waals surface area contributed by atoms with E-state index >= 15 is 0 Å². The Morgan fingerprint density at radius 3 is 2.33 bits per heavy atom. The van der Waals surface area contributed by atoms with Crippen LogP contribution in [0.1, 0.15) is 31.7 Å². The highest BCUT2D eigenvalue weighted by Gasteiger charge is 2.46. The van der Waals surface area contributed by atoms with Gasteiger partial charge in [0, 0.05) is 13.2 Å². The minimum atomic E-state index is -0.532. The van der Waals surface area contributed by atoms with Crippen LogP contribution in [0.2, 0.25) is 0 Å². The van der Waals surface area contributed by atoms with E-state index in [2.05, 4.69) is 12.1 Å². The normalized spacial score (nSPS) is 24.2. The predicted octanol–water partition coefficient (Wildman–Crippen LogP) is 2.55. The lowest BCUT2D eigenvalue weighted by Crippen LogP contribution is -2.34. The van der Waals surface area contributed by atoms with Crippen LogP contribution < -0.4 is 0 Å². The van der Waals surface area contributed by atoms with Crippen LogP contribution in [0.5, 0.6) is 0 Å². The number of hydrogen-bond acceptors (Lipinski definition) is 3. The third kappa shape index (κ3) is 3.10. The van der Waals surface area contributed by atoms with Crippen molar-refractivity contribution in [3.8, 4) is 0 Å². The monoisotopic (exact) mass is 250 g/mol. The molecule has 1 aliphatic rings. The molecule has 0 radical (unpaired) electrons. The summed E-state index contributed by atoms with van der Waals surface area (Å²) in [5, 5.41) is 10.3. The van der Waals surface area contributed by atoms with Crippen LogP contribution in [0.15, 0.2) is 30.3 Å². The molecule has 0 aromatic heterocycles. The molecule has 0 spiro atoms. The zero-order valence-corrected chi connectivity index (χ0v) is 11.1. The van der Waals surface area contributed by atoms with E-state index in [1.54, 1.807) is 0 Å². The van der Waals surface area contributed by atoms with Crippen molar-refractivity contribution in [1.29, 1.82) is 0 Å². The highest BCUT2D eigenvalue weighted by Crippen LogP contribution is 2.50. The minimum absolute atomic E-state index is 0.260. The zero-order valence-electron chi connectivity index (χ0n) is 11.1. The molecule has 0 bridgehead atoms. The van der Waals surface area contributed by atoms with Gasteiger partial charge < -0.3 is 14.6 Å². The first-order valence-electron chi connectivity index (χ1n) is 6.74. The molecule has 3 heteroatoms. The predicted molar refractivity (Wildman–Crippen MR) is 70.3 cm³/mol. The summed E-state index contributed by atoms with van der Waals surface area (Å²) < 4.78 is 10.9. The van der Waals surface area contributed by atoms with Crippen molar-refractivity contribution in [2.75, 3.05) is 13.2 Å². The summed E-state index contributed by atoms with van der Waals surface area (Å²) in [6.07, 6.45) is -0.00391. The van der Waals surface area contributed by atoms with E-state index < -0.39 is 12.4 Å². The van der Waals surface area contributed by atoms with Crippen LogP contribution >= 0.6 is 0 Å². The minimum Gasteiger partial charge on any atom is -0.388 e. The quantitative estimate of drug-likeness (QED) is 0.756. The average molecular weight is 250 g/mol. The maximum atomic E-state index is 10.3. The first-order valence-corrected chi connectivity index (χ1v) is 6.74. The molecular weight excluding hydrogens is 228 g/mol. The van der Waals surface area contributed by atoms with E-state index in [-0.39, 0.29) is 5.92 Å². The van der Waals surface area contributed by atoms with Gasteiger partial charge in [0.25, 0.3) is 0 Å². The molecule has 1 saturated carbocycles. The second kappa shape index (κ2) is 6.32. The molecule has 0 amide bonds. The molecule has 0 aliphatic heterocycles. The number of rotatable bonds is 7. The van der Waals surface area contributed by atoms with Gasteiger partial charge in [0.15, 0.2) is 6.29 Å². The van der Waals surface area contributed by atoms with E-state index in [9.17, 15) is 5.11 Å². The highest BCUT2D eigenvalue weighted by atomic mass is 16.7. The van der Waals surface area contributed by atoms with E-state index in [4.69, 9.17) is 9.47 Å². The third-order valence-electron chi connectivity index (χ3n) is 3.45. The Bertz CT molecular complexity index is 346. The van der Waals surface area contributed by atoms with Crippen molar-refractivity contribution in [1.82, 2.24) is 0 Å². The first kappa shape index (κ1) is 13.5. The summed E-state index contributed by atoms with van der Waals surface area (Å²) in [5.74, 6) is 0.708. The van der Waals surface area contributed by atoms with E-state index in [1.807, 2.05) is 32.0 Å². The molecule has 1 aromatic carbocycles. The molecule has 0 saturated heterocycles. The molecule has 1 aromatic rings. The Hall–Kier alpha value is -0.900. The maximum absolute atomic E-state index is 10.3. The van der Waals surface area contributed by atoms with Crippen molar-refractivity contribution < 1.29 is 14.6 Å². The van der Waals surface area contributed by atoms with Gasteiger partial charge in [-0.2, -0.15) is 0 Å². The van der Waals surface area contributed by atoms with Crippen LogP contribution in [-0.2, 0) is 9.47 Å². The summed E-state index contributed by atoms with van der Waals surface area (Å²) in [5.41, 5.74) is 1.30. The van der Waals surface area contributed by atoms with Gasteiger partial charge in [-0.3, -0.25) is 0 Å². The van der Waals surface area contributed by atoms with Crippen LogP contribution in [0.4, 0.5) is 0 Å². The molecule has 0 heterocycles. The molecular formula is C15H22O3. The van der Waals surface area contributed by atoms with Gasteiger partial charge in [0.05, 0.1) is 0 Å². The fourth-order valence-electron chi connectivity index (χ4n) is 2.45. The van der Waals surface area contributed by atoms with E-state index in [0.717, 1.165) is 6.42 Å². The number of ether oxygens (including phenoxy) is 2. The van der Waals surface area contributed by atoms with Gasteiger partial charge in [-0.1, -0.05) is 30.3 Å². The Morgan fingerprint density at radius 2 is 1.78 bits per heavy atom. The van der Waals surface area contributed by atoms with Gasteiger partial charge in [0.2, 0.25) is 0 Å². The van der Waals surface area contributed by atoms with Gasteiger partial charge in [-0.15, -0.1) is 0 Å². The van der Waals surface area contributed by atoms with Crippen molar-refractivity contribution in [3.63, 3.8) is 0 Å². The van der Waals surface area contributed by atoms with Crippen molar-refractivity contribution >= 4 is 0 Å². The van der Waals surface area contributed by atoms with Crippen molar-refractivity contribution in [2.45, 2.75) is 38.6 Å². The Labute approximate surface area is 109 Å². The summed E-state index contributed by atoms with van der Waals surface area (Å²) in [6, 6.07) is 10.3. The lowest BCUT2D eigenvalue weighted by molar-refractivity contribution is -0.194. The van der Waals surface area contributed by atoms with Gasteiger partial charge in [0.1, 0.15) is 6.10 Å². The number of aliphatic hydroxyl groups is 1. The Balaban J connectivity index is 1.93. The lowest BCUT2D eigenvalue weighted by Gasteiger charge is -2.22. The van der Waals surface area contributed by atoms with Crippen LogP contribution in [0.25, 0.3) is 0 Å². The summed E-state index contributed by atoms with van der Waals surface area (Å²) in [6.45, 7) is 4.95. The largest absolute Gasteiger partial charge is 0.388 e. The zero-order chi connectivity index (χ0) is 13.0. The van der Waals surface area contributed by atoms with Crippen LogP contribution in [0.3, 0.4) is 0 Å². The van der Waals surface area contributed by atoms with Crippen LogP contribution in [0, 0.1) is 5.92 Å². The molecule has 18 heavy (non-hydrogen) atoms. The second-order valence-corrected chi connectivity index (χ2v) is 4.69. The molecule has 100 valence electrons. The third-order valence-corrected chi connectivity index (χ3v) is 3.45. The fourth-order valence-corrected chi connectivity index (χ4v) is 2.45. The van der Waals surface area contributed by atoms with Crippen molar-refractivity contribution in [3.05, 3.63) is 35.9 Å². The first-order chi connectivity index (χ1) is 8.77. The molecule has 3 unspecified atom stereocenters. The van der Waals surface area contributed by atoms with Gasteiger partial charge in [-0.05, 0) is 37.7 Å². The number of benzene rings is 1. The lowest BCUT2D eigenvalue weighted by atomic mass is 10.1. The van der Waals surface area contributed by atoms with E-state index in [0.29, 0.717) is 19.1 Å². The molecule has 1 fully saturated rings. The standard InChI is InChI=1S/C15H22O3/c1-3-17-15(18-4-2)14(16)13-10-12(13)11-8-6-5-7-9-11/h5-9,12-16H,3-4,10H2,1-2H3. The van der Waals surface area contributed by atoms with Gasteiger partial charge >= 0.3 is 0 Å². The van der Waals surface area contributed by atoms with Crippen molar-refractivity contribution in [2.24, 2.45) is 5.92 Å². The van der Waals surface area contributed by atoms with Gasteiger partial charge in [-0.25, -0.2) is 0 Å². The molecule has 3 nitrogen and oxygen atoms in total. The highest BCUT2D eigenvalue weighted by molar-refractivity contribution is 5.26. The summed E-state index contributed by atoms with van der Waals surface area (Å²) >= 11 is 0. The molecule has 1 aliphatic carbocycles. The topological polar surface area (TPSA) is 38.7 Å². The molecule has 1 N–H and O–H groups in total. The van der Waals surface area contributed by atoms with Crippen LogP contribution in [-0.4, -0.2) is 30.7 Å². The fraction of sp³-hybridized carbons (Fsp3) is 0.600. The van der Waals surface area contributed by atoms with E-state index in [1.165, 1.54) is 5.56 Å². The Morgan fingerprint density at radius 1 is 1.17 bits per heavy atom. The molecule has 2 rings (SSSR count). The summed E-state index contributed by atoms with van der Waals surface area (Å²) in [4.78, 5) is 0. The number of hydrogen-bond donors (Lipinski definition) is 1.